The summed E-state index contributed by atoms with van der Waals surface area (Å²) < 4.78 is 35.1. The predicted molar refractivity (Wildman–Crippen MR) is 94.5 cm³/mol. The molecule has 0 saturated carbocycles. The van der Waals surface area contributed by atoms with Gasteiger partial charge in [0.2, 0.25) is 12.7 Å². The minimum absolute atomic E-state index is 0.140. The number of hydrogen-bond acceptors (Lipinski definition) is 5. The largest absolute Gasteiger partial charge is 0.454 e. The molecule has 2 aromatic carbocycles. The van der Waals surface area contributed by atoms with Crippen LogP contribution in [0.1, 0.15) is 18.1 Å². The molecule has 0 spiro atoms. The third-order valence-corrected chi connectivity index (χ3v) is 5.31. The van der Waals surface area contributed by atoms with E-state index in [9.17, 15) is 13.2 Å². The fourth-order valence-electron chi connectivity index (χ4n) is 2.66. The molecular weight excluding hydrogens is 342 g/mol. The van der Waals surface area contributed by atoms with Gasteiger partial charge in [0.25, 0.3) is 0 Å². The molecule has 3 rings (SSSR count). The SMILES string of the molecule is CCc1cc2c(cc1NC(=O)CS(=O)(=O)Cc1ccccc1)OCO2. The molecule has 25 heavy (non-hydrogen) atoms. The fourth-order valence-corrected chi connectivity index (χ4v) is 3.93. The predicted octanol–water partition coefficient (Wildman–Crippen LogP) is 2.53. The minimum Gasteiger partial charge on any atom is -0.454 e. The van der Waals surface area contributed by atoms with Crippen LogP contribution < -0.4 is 14.8 Å². The summed E-state index contributed by atoms with van der Waals surface area (Å²) >= 11 is 0. The van der Waals surface area contributed by atoms with Crippen LogP contribution in [0.2, 0.25) is 0 Å². The van der Waals surface area contributed by atoms with Gasteiger partial charge in [-0.15, -0.1) is 0 Å². The van der Waals surface area contributed by atoms with E-state index in [4.69, 9.17) is 9.47 Å². The van der Waals surface area contributed by atoms with Crippen molar-refractivity contribution in [2.24, 2.45) is 0 Å². The van der Waals surface area contributed by atoms with Crippen LogP contribution in [0.5, 0.6) is 11.5 Å². The van der Waals surface area contributed by atoms with Gasteiger partial charge in [0.05, 0.1) is 5.75 Å². The Morgan fingerprint density at radius 3 is 2.48 bits per heavy atom. The molecule has 7 heteroatoms. The number of benzene rings is 2. The van der Waals surface area contributed by atoms with Crippen LogP contribution in [0.4, 0.5) is 5.69 Å². The van der Waals surface area contributed by atoms with Gasteiger partial charge in [-0.05, 0) is 23.6 Å². The fraction of sp³-hybridized carbons (Fsp3) is 0.278. The lowest BCUT2D eigenvalue weighted by Gasteiger charge is -2.11. The number of aryl methyl sites for hydroxylation is 1. The summed E-state index contributed by atoms with van der Waals surface area (Å²) in [4.78, 5) is 12.2. The number of ether oxygens (including phenoxy) is 2. The van der Waals surface area contributed by atoms with Gasteiger partial charge in [-0.2, -0.15) is 0 Å². The molecule has 1 aliphatic heterocycles. The van der Waals surface area contributed by atoms with E-state index in [1.807, 2.05) is 13.0 Å². The van der Waals surface area contributed by atoms with E-state index in [-0.39, 0.29) is 12.5 Å². The molecule has 0 unspecified atom stereocenters. The Balaban J connectivity index is 1.70. The molecule has 1 heterocycles. The normalized spacial score (nSPS) is 12.8. The Morgan fingerprint density at radius 2 is 1.80 bits per heavy atom. The lowest BCUT2D eigenvalue weighted by molar-refractivity contribution is -0.113. The van der Waals surface area contributed by atoms with Gasteiger partial charge in [0, 0.05) is 11.8 Å². The highest BCUT2D eigenvalue weighted by Crippen LogP contribution is 2.37. The first-order valence-corrected chi connectivity index (χ1v) is 9.75. The van der Waals surface area contributed by atoms with Crippen molar-refractivity contribution in [3.05, 3.63) is 53.6 Å². The molecule has 0 saturated heterocycles. The van der Waals surface area contributed by atoms with Gasteiger partial charge in [-0.1, -0.05) is 37.3 Å². The summed E-state index contributed by atoms with van der Waals surface area (Å²) in [5.41, 5.74) is 2.07. The number of carbonyl (C=O) groups is 1. The molecule has 0 fully saturated rings. The summed E-state index contributed by atoms with van der Waals surface area (Å²) in [6, 6.07) is 12.3. The van der Waals surface area contributed by atoms with Crippen LogP contribution >= 0.6 is 0 Å². The molecule has 1 aliphatic rings. The van der Waals surface area contributed by atoms with Crippen LogP contribution in [-0.2, 0) is 26.8 Å². The van der Waals surface area contributed by atoms with E-state index in [2.05, 4.69) is 5.32 Å². The summed E-state index contributed by atoms with van der Waals surface area (Å²) in [6.45, 7) is 2.08. The topological polar surface area (TPSA) is 81.7 Å². The van der Waals surface area contributed by atoms with Crippen LogP contribution in [0, 0.1) is 0 Å². The van der Waals surface area contributed by atoms with E-state index in [0.29, 0.717) is 29.2 Å². The summed E-state index contributed by atoms with van der Waals surface area (Å²) in [5, 5.41) is 2.68. The van der Waals surface area contributed by atoms with E-state index in [1.54, 1.807) is 36.4 Å². The number of fused-ring (bicyclic) bond motifs is 1. The van der Waals surface area contributed by atoms with Crippen LogP contribution in [-0.4, -0.2) is 26.9 Å². The number of hydrogen-bond donors (Lipinski definition) is 1. The standard InChI is InChI=1S/C18H19NO5S/c1-2-14-8-16-17(24-12-23-16)9-15(14)19-18(20)11-25(21,22)10-13-6-4-3-5-7-13/h3-9H,2,10-12H2,1H3,(H,19,20). The first-order valence-electron chi connectivity index (χ1n) is 7.93. The maximum atomic E-state index is 12.2. The zero-order chi connectivity index (χ0) is 17.9. The average molecular weight is 361 g/mol. The van der Waals surface area contributed by atoms with E-state index < -0.39 is 21.5 Å². The zero-order valence-electron chi connectivity index (χ0n) is 13.8. The van der Waals surface area contributed by atoms with Crippen molar-refractivity contribution >= 4 is 21.4 Å². The Hall–Kier alpha value is -2.54. The zero-order valence-corrected chi connectivity index (χ0v) is 14.6. The molecule has 1 N–H and O–H groups in total. The van der Waals surface area contributed by atoms with Gasteiger partial charge in [-0.3, -0.25) is 4.79 Å². The summed E-state index contributed by atoms with van der Waals surface area (Å²) in [7, 11) is -3.55. The molecule has 0 aliphatic carbocycles. The van der Waals surface area contributed by atoms with Crippen LogP contribution in [0.3, 0.4) is 0 Å². The van der Waals surface area contributed by atoms with Crippen molar-refractivity contribution in [2.45, 2.75) is 19.1 Å². The van der Waals surface area contributed by atoms with Crippen molar-refractivity contribution in [3.63, 3.8) is 0 Å². The van der Waals surface area contributed by atoms with Crippen LogP contribution in [0.15, 0.2) is 42.5 Å². The number of sulfone groups is 1. The average Bonchev–Trinajstić information content (AvgIpc) is 3.01. The van der Waals surface area contributed by atoms with Crippen molar-refractivity contribution in [3.8, 4) is 11.5 Å². The molecule has 0 atom stereocenters. The van der Waals surface area contributed by atoms with Gasteiger partial charge in [0.15, 0.2) is 21.3 Å². The number of nitrogens with one attached hydrogen (secondary N) is 1. The molecule has 132 valence electrons. The smallest absolute Gasteiger partial charge is 0.239 e. The number of rotatable bonds is 6. The van der Waals surface area contributed by atoms with Gasteiger partial charge >= 0.3 is 0 Å². The monoisotopic (exact) mass is 361 g/mol. The van der Waals surface area contributed by atoms with E-state index in [0.717, 1.165) is 5.56 Å². The molecule has 0 bridgehead atoms. The quantitative estimate of drug-likeness (QED) is 0.855. The summed E-state index contributed by atoms with van der Waals surface area (Å²) in [6.07, 6.45) is 0.670. The third-order valence-electron chi connectivity index (χ3n) is 3.83. The van der Waals surface area contributed by atoms with Gasteiger partial charge in [0.1, 0.15) is 5.75 Å². The second-order valence-electron chi connectivity index (χ2n) is 5.78. The van der Waals surface area contributed by atoms with Gasteiger partial charge in [-0.25, -0.2) is 8.42 Å². The first-order chi connectivity index (χ1) is 12.0. The maximum absolute atomic E-state index is 12.2. The van der Waals surface area contributed by atoms with E-state index >= 15 is 0 Å². The molecule has 0 aromatic heterocycles. The molecule has 2 aromatic rings. The lowest BCUT2D eigenvalue weighted by atomic mass is 10.1. The van der Waals surface area contributed by atoms with Crippen LogP contribution in [0.25, 0.3) is 0 Å². The molecule has 1 amide bonds. The highest BCUT2D eigenvalue weighted by molar-refractivity contribution is 7.91. The Kier molecular flexibility index (Phi) is 4.94. The summed E-state index contributed by atoms with van der Waals surface area (Å²) in [5.74, 6) is -0.126. The lowest BCUT2D eigenvalue weighted by Crippen LogP contribution is -2.24. The number of amides is 1. The first kappa shape index (κ1) is 17.3. The molecular formula is C18H19NO5S. The third kappa shape index (κ3) is 4.30. The van der Waals surface area contributed by atoms with Crippen molar-refractivity contribution in [1.29, 1.82) is 0 Å². The van der Waals surface area contributed by atoms with Crippen molar-refractivity contribution < 1.29 is 22.7 Å². The second kappa shape index (κ2) is 7.14. The second-order valence-corrected chi connectivity index (χ2v) is 7.85. The highest BCUT2D eigenvalue weighted by Gasteiger charge is 2.21. The minimum atomic E-state index is -3.55. The maximum Gasteiger partial charge on any atom is 0.239 e. The Labute approximate surface area is 146 Å². The van der Waals surface area contributed by atoms with Gasteiger partial charge < -0.3 is 14.8 Å². The number of anilines is 1. The van der Waals surface area contributed by atoms with Crippen molar-refractivity contribution in [2.75, 3.05) is 17.9 Å². The Morgan fingerprint density at radius 1 is 1.12 bits per heavy atom. The molecule has 0 radical (unpaired) electrons. The highest BCUT2D eigenvalue weighted by atomic mass is 32.2. The number of carbonyl (C=O) groups excluding carboxylic acids is 1. The van der Waals surface area contributed by atoms with E-state index in [1.165, 1.54) is 0 Å². The Bertz CT molecular complexity index is 878. The van der Waals surface area contributed by atoms with Crippen molar-refractivity contribution in [1.82, 2.24) is 0 Å². The molecule has 6 nitrogen and oxygen atoms in total.